The molecular formula is C22H24ClN5O2S. The number of rotatable bonds is 8. The van der Waals surface area contributed by atoms with E-state index in [2.05, 4.69) is 20.8 Å². The first-order valence-corrected chi connectivity index (χ1v) is 11.2. The lowest BCUT2D eigenvalue weighted by Gasteiger charge is -2.09. The van der Waals surface area contributed by atoms with Crippen LogP contribution in [0.3, 0.4) is 0 Å². The summed E-state index contributed by atoms with van der Waals surface area (Å²) in [5.74, 6) is 0.380. The molecule has 9 heteroatoms. The van der Waals surface area contributed by atoms with Gasteiger partial charge in [0.05, 0.1) is 12.2 Å². The lowest BCUT2D eigenvalue weighted by Crippen LogP contribution is -2.18. The van der Waals surface area contributed by atoms with Gasteiger partial charge in [0.25, 0.3) is 0 Å². The molecule has 0 aliphatic heterocycles. The molecule has 0 aliphatic carbocycles. The molecule has 162 valence electrons. The normalized spacial score (nSPS) is 10.7. The van der Waals surface area contributed by atoms with Gasteiger partial charge in [0.15, 0.2) is 5.16 Å². The Balaban J connectivity index is 1.57. The summed E-state index contributed by atoms with van der Waals surface area (Å²) < 4.78 is 1.84. The topological polar surface area (TPSA) is 88.9 Å². The third kappa shape index (κ3) is 6.32. The van der Waals surface area contributed by atoms with Crippen molar-refractivity contribution in [2.75, 3.05) is 16.4 Å². The quantitative estimate of drug-likeness (QED) is 0.487. The van der Waals surface area contributed by atoms with Crippen LogP contribution in [0.2, 0.25) is 5.02 Å². The minimum absolute atomic E-state index is 0.101. The molecule has 0 atom stereocenters. The largest absolute Gasteiger partial charge is 0.326 e. The third-order valence-corrected chi connectivity index (χ3v) is 5.93. The van der Waals surface area contributed by atoms with Gasteiger partial charge in [-0.05, 0) is 50.6 Å². The standard InChI is InChI=1S/C22H24ClN5O2S/c1-4-28-19(12-20(29)24-16-8-5-14(2)6-9-16)26-27-22(28)31-13-21(30)25-17-10-7-15(3)18(23)11-17/h5-11H,4,12-13H2,1-3H3,(H,24,29)(H,25,30). The van der Waals surface area contributed by atoms with Crippen LogP contribution in [0.4, 0.5) is 11.4 Å². The van der Waals surface area contributed by atoms with Crippen LogP contribution in [0, 0.1) is 13.8 Å². The Labute approximate surface area is 190 Å². The first-order chi connectivity index (χ1) is 14.9. The molecule has 3 aromatic rings. The number of nitrogens with one attached hydrogen (secondary N) is 2. The molecule has 0 radical (unpaired) electrons. The maximum atomic E-state index is 12.4. The van der Waals surface area contributed by atoms with Gasteiger partial charge in [0, 0.05) is 22.9 Å². The number of halogens is 1. The Morgan fingerprint density at radius 2 is 1.68 bits per heavy atom. The Morgan fingerprint density at radius 3 is 2.35 bits per heavy atom. The van der Waals surface area contributed by atoms with Crippen molar-refractivity contribution in [1.29, 1.82) is 0 Å². The molecular weight excluding hydrogens is 434 g/mol. The van der Waals surface area contributed by atoms with Crippen LogP contribution in [-0.4, -0.2) is 32.3 Å². The molecule has 1 heterocycles. The molecule has 7 nitrogen and oxygen atoms in total. The van der Waals surface area contributed by atoms with Crippen LogP contribution >= 0.6 is 23.4 Å². The van der Waals surface area contributed by atoms with E-state index in [0.29, 0.717) is 28.2 Å². The van der Waals surface area contributed by atoms with Crippen molar-refractivity contribution >= 4 is 46.6 Å². The fourth-order valence-electron chi connectivity index (χ4n) is 2.86. The van der Waals surface area contributed by atoms with E-state index in [4.69, 9.17) is 11.6 Å². The number of benzene rings is 2. The van der Waals surface area contributed by atoms with Gasteiger partial charge in [0.2, 0.25) is 11.8 Å². The number of nitrogens with zero attached hydrogens (tertiary/aromatic N) is 3. The van der Waals surface area contributed by atoms with E-state index in [1.807, 2.05) is 61.7 Å². The van der Waals surface area contributed by atoms with Crippen LogP contribution in [0.25, 0.3) is 0 Å². The highest BCUT2D eigenvalue weighted by Gasteiger charge is 2.16. The number of carbonyl (C=O) groups excluding carboxylic acids is 2. The average molecular weight is 458 g/mol. The number of hydrogen-bond donors (Lipinski definition) is 2. The van der Waals surface area contributed by atoms with Crippen molar-refractivity contribution in [2.45, 2.75) is 38.9 Å². The molecule has 3 rings (SSSR count). The van der Waals surface area contributed by atoms with E-state index in [1.54, 1.807) is 6.07 Å². The number of anilines is 2. The van der Waals surface area contributed by atoms with Gasteiger partial charge >= 0.3 is 0 Å². The van der Waals surface area contributed by atoms with E-state index < -0.39 is 0 Å². The molecule has 2 amide bonds. The molecule has 2 aromatic carbocycles. The highest BCUT2D eigenvalue weighted by atomic mass is 35.5. The van der Waals surface area contributed by atoms with Gasteiger partial charge in [-0.25, -0.2) is 0 Å². The number of hydrogen-bond acceptors (Lipinski definition) is 5. The Morgan fingerprint density at radius 1 is 1.00 bits per heavy atom. The number of amides is 2. The number of thioether (sulfide) groups is 1. The summed E-state index contributed by atoms with van der Waals surface area (Å²) in [5.41, 5.74) is 3.45. The minimum Gasteiger partial charge on any atom is -0.326 e. The fourth-order valence-corrected chi connectivity index (χ4v) is 3.86. The summed E-state index contributed by atoms with van der Waals surface area (Å²) in [5, 5.41) is 15.2. The van der Waals surface area contributed by atoms with Gasteiger partial charge in [0.1, 0.15) is 5.82 Å². The van der Waals surface area contributed by atoms with Gasteiger partial charge in [-0.3, -0.25) is 9.59 Å². The van der Waals surface area contributed by atoms with Crippen LogP contribution in [0.1, 0.15) is 23.9 Å². The zero-order valence-corrected chi connectivity index (χ0v) is 19.2. The molecule has 0 saturated carbocycles. The second-order valence-corrected chi connectivity index (χ2v) is 8.38. The SMILES string of the molecule is CCn1c(CC(=O)Nc2ccc(C)cc2)nnc1SCC(=O)Nc1ccc(C)c(Cl)c1. The summed E-state index contributed by atoms with van der Waals surface area (Å²) in [6, 6.07) is 13.0. The van der Waals surface area contributed by atoms with Gasteiger partial charge in [-0.2, -0.15) is 0 Å². The van der Waals surface area contributed by atoms with Gasteiger partial charge < -0.3 is 15.2 Å². The zero-order chi connectivity index (χ0) is 22.4. The van der Waals surface area contributed by atoms with E-state index in [1.165, 1.54) is 11.8 Å². The molecule has 1 aromatic heterocycles. The average Bonchev–Trinajstić information content (AvgIpc) is 3.12. The molecule has 0 bridgehead atoms. The Hall–Kier alpha value is -2.84. The maximum absolute atomic E-state index is 12.4. The van der Waals surface area contributed by atoms with Crippen molar-refractivity contribution in [3.05, 3.63) is 64.4 Å². The fraction of sp³-hybridized carbons (Fsp3) is 0.273. The number of carbonyl (C=O) groups is 2. The predicted molar refractivity (Wildman–Crippen MR) is 125 cm³/mol. The van der Waals surface area contributed by atoms with Crippen LogP contribution in [-0.2, 0) is 22.6 Å². The molecule has 0 saturated heterocycles. The highest BCUT2D eigenvalue weighted by Crippen LogP contribution is 2.21. The van der Waals surface area contributed by atoms with E-state index >= 15 is 0 Å². The van der Waals surface area contributed by atoms with Crippen LogP contribution < -0.4 is 10.6 Å². The highest BCUT2D eigenvalue weighted by molar-refractivity contribution is 7.99. The third-order valence-electron chi connectivity index (χ3n) is 4.55. The van der Waals surface area contributed by atoms with Crippen LogP contribution in [0.5, 0.6) is 0 Å². The molecule has 0 fully saturated rings. The second kappa shape index (κ2) is 10.5. The lowest BCUT2D eigenvalue weighted by molar-refractivity contribution is -0.116. The monoisotopic (exact) mass is 457 g/mol. The Kier molecular flexibility index (Phi) is 7.70. The predicted octanol–water partition coefficient (Wildman–Crippen LogP) is 4.48. The summed E-state index contributed by atoms with van der Waals surface area (Å²) in [7, 11) is 0. The summed E-state index contributed by atoms with van der Waals surface area (Å²) in [4.78, 5) is 24.7. The first-order valence-electron chi connectivity index (χ1n) is 9.83. The Bertz CT molecular complexity index is 1080. The van der Waals surface area contributed by atoms with Crippen molar-refractivity contribution in [1.82, 2.24) is 14.8 Å². The minimum atomic E-state index is -0.172. The smallest absolute Gasteiger partial charge is 0.234 e. The van der Waals surface area contributed by atoms with Crippen molar-refractivity contribution in [3.63, 3.8) is 0 Å². The van der Waals surface area contributed by atoms with Crippen molar-refractivity contribution < 1.29 is 9.59 Å². The van der Waals surface area contributed by atoms with Crippen molar-refractivity contribution in [3.8, 4) is 0 Å². The second-order valence-electron chi connectivity index (χ2n) is 7.03. The van der Waals surface area contributed by atoms with Crippen molar-refractivity contribution in [2.24, 2.45) is 0 Å². The summed E-state index contributed by atoms with van der Waals surface area (Å²) in [6.45, 7) is 6.44. The maximum Gasteiger partial charge on any atom is 0.234 e. The van der Waals surface area contributed by atoms with E-state index in [-0.39, 0.29) is 24.0 Å². The van der Waals surface area contributed by atoms with E-state index in [9.17, 15) is 9.59 Å². The molecule has 0 unspecified atom stereocenters. The zero-order valence-electron chi connectivity index (χ0n) is 17.6. The number of aryl methyl sites for hydroxylation is 2. The lowest BCUT2D eigenvalue weighted by atomic mass is 10.2. The van der Waals surface area contributed by atoms with Gasteiger partial charge in [-0.15, -0.1) is 10.2 Å². The summed E-state index contributed by atoms with van der Waals surface area (Å²) >= 11 is 7.37. The summed E-state index contributed by atoms with van der Waals surface area (Å²) in [6.07, 6.45) is 0.101. The first kappa shape index (κ1) is 22.8. The molecule has 31 heavy (non-hydrogen) atoms. The molecule has 2 N–H and O–H groups in total. The van der Waals surface area contributed by atoms with Crippen LogP contribution in [0.15, 0.2) is 47.6 Å². The number of aromatic nitrogens is 3. The van der Waals surface area contributed by atoms with E-state index in [0.717, 1.165) is 16.8 Å². The van der Waals surface area contributed by atoms with Gasteiger partial charge in [-0.1, -0.05) is 47.1 Å². The molecule has 0 spiro atoms. The molecule has 0 aliphatic rings.